The number of nitrogen functional groups attached to an aromatic ring is 2. The molecule has 0 fully saturated rings. The molecule has 0 saturated carbocycles. The lowest BCUT2D eigenvalue weighted by molar-refractivity contribution is 0.104. The van der Waals surface area contributed by atoms with Crippen molar-refractivity contribution in [1.82, 2.24) is 15.0 Å². The Labute approximate surface area is 210 Å². The number of benzene rings is 2. The second-order valence-electron chi connectivity index (χ2n) is 8.43. The molecule has 36 heavy (non-hydrogen) atoms. The number of carbonyl (C=O) groups excluding carboxylic acids is 1. The van der Waals surface area contributed by atoms with Crippen molar-refractivity contribution in [3.63, 3.8) is 0 Å². The van der Waals surface area contributed by atoms with E-state index in [-0.39, 0.29) is 23.6 Å². The van der Waals surface area contributed by atoms with Crippen LogP contribution in [-0.2, 0) is 6.42 Å². The molecule has 3 aromatic rings. The molecule has 4 rings (SSSR count). The Morgan fingerprint density at radius 1 is 1.17 bits per heavy atom. The van der Waals surface area contributed by atoms with Crippen molar-refractivity contribution >= 4 is 23.8 Å². The first kappa shape index (κ1) is 24.7. The van der Waals surface area contributed by atoms with Gasteiger partial charge in [0.15, 0.2) is 17.3 Å². The Morgan fingerprint density at radius 2 is 1.97 bits per heavy atom. The molecule has 0 saturated heterocycles. The van der Waals surface area contributed by atoms with E-state index in [2.05, 4.69) is 34.1 Å². The second kappa shape index (κ2) is 10.9. The average molecular weight is 487 g/mol. The summed E-state index contributed by atoms with van der Waals surface area (Å²) in [5, 5.41) is 6.42. The van der Waals surface area contributed by atoms with Crippen molar-refractivity contribution in [2.75, 3.05) is 25.7 Å². The van der Waals surface area contributed by atoms with Gasteiger partial charge >= 0.3 is 0 Å². The molecule has 1 aromatic heterocycles. The number of hydrazone groups is 1. The standard InChI is InChI=1S/C27H30N6O3/c1-4-7-22-20-9-6-5-8-18(20)16-31-33(22)11-10-23(34)21-13-17(14-24(35-2)25(21)36-3)12-19-15-30-27(29)32-26(19)28/h5-6,8-11,13-16,22H,4,7,12H2,1-3H3,(H4,28,29,30,32)/b11-10+. The maximum atomic E-state index is 13.4. The van der Waals surface area contributed by atoms with Gasteiger partial charge in [-0.05, 0) is 35.2 Å². The van der Waals surface area contributed by atoms with Gasteiger partial charge in [0.25, 0.3) is 0 Å². The second-order valence-corrected chi connectivity index (χ2v) is 8.43. The maximum absolute atomic E-state index is 13.4. The number of rotatable bonds is 9. The summed E-state index contributed by atoms with van der Waals surface area (Å²) in [6.45, 7) is 2.13. The normalized spacial score (nSPS) is 14.6. The minimum atomic E-state index is -0.238. The van der Waals surface area contributed by atoms with Crippen molar-refractivity contribution in [1.29, 1.82) is 0 Å². The summed E-state index contributed by atoms with van der Waals surface area (Å²) in [5.74, 6) is 0.951. The van der Waals surface area contributed by atoms with E-state index in [9.17, 15) is 4.79 Å². The number of aromatic nitrogens is 2. The van der Waals surface area contributed by atoms with Crippen molar-refractivity contribution < 1.29 is 14.3 Å². The van der Waals surface area contributed by atoms with Gasteiger partial charge in [-0.3, -0.25) is 9.80 Å². The van der Waals surface area contributed by atoms with Gasteiger partial charge in [-0.25, -0.2) is 4.98 Å². The Kier molecular flexibility index (Phi) is 7.48. The fourth-order valence-corrected chi connectivity index (χ4v) is 4.32. The molecule has 4 N–H and O–H groups in total. The zero-order chi connectivity index (χ0) is 25.7. The van der Waals surface area contributed by atoms with Crippen LogP contribution in [0.25, 0.3) is 0 Å². The Morgan fingerprint density at radius 3 is 2.69 bits per heavy atom. The maximum Gasteiger partial charge on any atom is 0.221 e. The lowest BCUT2D eigenvalue weighted by atomic mass is 9.96. The molecule has 186 valence electrons. The van der Waals surface area contributed by atoms with Crippen LogP contribution < -0.4 is 20.9 Å². The number of carbonyl (C=O) groups is 1. The van der Waals surface area contributed by atoms with Crippen molar-refractivity contribution in [2.45, 2.75) is 32.2 Å². The number of ketones is 1. The SMILES string of the molecule is CCCC1c2ccccc2C=NN1/C=C/C(=O)c1cc(Cc2cnc(N)nc2N)cc(OC)c1OC. The Hall–Kier alpha value is -4.40. The van der Waals surface area contributed by atoms with E-state index >= 15 is 0 Å². The molecule has 0 spiro atoms. The fourth-order valence-electron chi connectivity index (χ4n) is 4.32. The topological polar surface area (TPSA) is 129 Å². The smallest absolute Gasteiger partial charge is 0.221 e. The first-order valence-electron chi connectivity index (χ1n) is 11.7. The monoisotopic (exact) mass is 486 g/mol. The van der Waals surface area contributed by atoms with Crippen LogP contribution in [0, 0.1) is 0 Å². The molecule has 1 atom stereocenters. The first-order chi connectivity index (χ1) is 17.4. The fraction of sp³-hybridized carbons (Fsp3) is 0.259. The Bertz CT molecular complexity index is 1320. The molecule has 0 amide bonds. The summed E-state index contributed by atoms with van der Waals surface area (Å²) in [6, 6.07) is 11.8. The van der Waals surface area contributed by atoms with Gasteiger partial charge in [0.05, 0.1) is 32.0 Å². The third kappa shape index (κ3) is 5.14. The molecule has 0 radical (unpaired) electrons. The molecule has 1 aliphatic rings. The lowest BCUT2D eigenvalue weighted by Crippen LogP contribution is -2.23. The summed E-state index contributed by atoms with van der Waals surface area (Å²) >= 11 is 0. The molecular weight excluding hydrogens is 456 g/mol. The van der Waals surface area contributed by atoms with E-state index < -0.39 is 0 Å². The molecule has 9 nitrogen and oxygen atoms in total. The summed E-state index contributed by atoms with van der Waals surface area (Å²) in [5.41, 5.74) is 15.8. The molecule has 0 aliphatic carbocycles. The first-order valence-corrected chi connectivity index (χ1v) is 11.7. The van der Waals surface area contributed by atoms with Gasteiger partial charge in [0.1, 0.15) is 5.82 Å². The number of ether oxygens (including phenoxy) is 2. The number of nitrogens with zero attached hydrogens (tertiary/aromatic N) is 4. The summed E-state index contributed by atoms with van der Waals surface area (Å²) in [6.07, 6.45) is 8.91. The number of hydrogen-bond donors (Lipinski definition) is 2. The third-order valence-electron chi connectivity index (χ3n) is 6.06. The number of anilines is 2. The van der Waals surface area contributed by atoms with Crippen molar-refractivity contribution in [2.24, 2.45) is 5.10 Å². The van der Waals surface area contributed by atoms with Gasteiger partial charge in [-0.15, -0.1) is 0 Å². The van der Waals surface area contributed by atoms with Crippen LogP contribution in [0.5, 0.6) is 11.5 Å². The average Bonchev–Trinajstić information content (AvgIpc) is 2.89. The van der Waals surface area contributed by atoms with E-state index in [4.69, 9.17) is 20.9 Å². The highest BCUT2D eigenvalue weighted by atomic mass is 16.5. The van der Waals surface area contributed by atoms with Crippen LogP contribution in [-0.4, -0.2) is 41.2 Å². The number of allylic oxidation sites excluding steroid dienone is 1. The molecular formula is C27H30N6O3. The van der Waals surface area contributed by atoms with Crippen LogP contribution in [0.2, 0.25) is 0 Å². The highest BCUT2D eigenvalue weighted by Crippen LogP contribution is 2.35. The lowest BCUT2D eigenvalue weighted by Gasteiger charge is -2.30. The van der Waals surface area contributed by atoms with Gasteiger partial charge < -0.3 is 20.9 Å². The summed E-state index contributed by atoms with van der Waals surface area (Å²) < 4.78 is 11.1. The molecule has 0 bridgehead atoms. The molecule has 1 unspecified atom stereocenters. The van der Waals surface area contributed by atoms with Crippen molar-refractivity contribution in [3.05, 3.63) is 82.7 Å². The van der Waals surface area contributed by atoms with Gasteiger partial charge in [0.2, 0.25) is 5.95 Å². The predicted octanol–water partition coefficient (Wildman–Crippen LogP) is 4.14. The predicted molar refractivity (Wildman–Crippen MR) is 140 cm³/mol. The van der Waals surface area contributed by atoms with Gasteiger partial charge in [0, 0.05) is 30.5 Å². The number of methoxy groups -OCH3 is 2. The quantitative estimate of drug-likeness (QED) is 0.341. The minimum absolute atomic E-state index is 0.0523. The third-order valence-corrected chi connectivity index (χ3v) is 6.06. The summed E-state index contributed by atoms with van der Waals surface area (Å²) in [7, 11) is 3.04. The number of hydrogen-bond acceptors (Lipinski definition) is 9. The van der Waals surface area contributed by atoms with Gasteiger partial charge in [-0.2, -0.15) is 10.1 Å². The number of nitrogens with two attached hydrogens (primary N) is 2. The van der Waals surface area contributed by atoms with Crippen LogP contribution >= 0.6 is 0 Å². The zero-order valence-corrected chi connectivity index (χ0v) is 20.6. The largest absolute Gasteiger partial charge is 0.493 e. The molecule has 2 heterocycles. The molecule has 2 aromatic carbocycles. The van der Waals surface area contributed by atoms with E-state index in [0.717, 1.165) is 24.0 Å². The minimum Gasteiger partial charge on any atom is -0.493 e. The van der Waals surface area contributed by atoms with E-state index in [1.165, 1.54) is 25.9 Å². The highest BCUT2D eigenvalue weighted by molar-refractivity contribution is 6.07. The molecule has 1 aliphatic heterocycles. The van der Waals surface area contributed by atoms with Crippen LogP contribution in [0.1, 0.15) is 58.4 Å². The Balaban J connectivity index is 1.65. The zero-order valence-electron chi connectivity index (χ0n) is 20.6. The highest BCUT2D eigenvalue weighted by Gasteiger charge is 2.23. The van der Waals surface area contributed by atoms with E-state index in [1.54, 1.807) is 24.5 Å². The summed E-state index contributed by atoms with van der Waals surface area (Å²) in [4.78, 5) is 21.4. The van der Waals surface area contributed by atoms with E-state index in [0.29, 0.717) is 29.0 Å². The van der Waals surface area contributed by atoms with Crippen LogP contribution in [0.15, 0.2) is 60.0 Å². The van der Waals surface area contributed by atoms with Gasteiger partial charge in [-0.1, -0.05) is 37.6 Å². The van der Waals surface area contributed by atoms with Crippen LogP contribution in [0.3, 0.4) is 0 Å². The van der Waals surface area contributed by atoms with Crippen molar-refractivity contribution in [3.8, 4) is 11.5 Å². The number of fused-ring (bicyclic) bond motifs is 1. The molecule has 9 heteroatoms. The van der Waals surface area contributed by atoms with E-state index in [1.807, 2.05) is 23.4 Å². The van der Waals surface area contributed by atoms with Crippen LogP contribution in [0.4, 0.5) is 11.8 Å².